The van der Waals surface area contributed by atoms with Gasteiger partial charge in [0, 0.05) is 29.0 Å². The third-order valence-electron chi connectivity index (χ3n) is 6.79. The van der Waals surface area contributed by atoms with E-state index < -0.39 is 46.4 Å². The monoisotopic (exact) mass is 494 g/mol. The van der Waals surface area contributed by atoms with Crippen molar-refractivity contribution in [3.05, 3.63) is 59.4 Å². The summed E-state index contributed by atoms with van der Waals surface area (Å²) in [6.07, 6.45) is 1.55. The predicted octanol–water partition coefficient (Wildman–Crippen LogP) is 3.72. The van der Waals surface area contributed by atoms with Crippen molar-refractivity contribution in [3.63, 3.8) is 0 Å². The van der Waals surface area contributed by atoms with Crippen LogP contribution in [0.4, 0.5) is 13.2 Å². The summed E-state index contributed by atoms with van der Waals surface area (Å²) in [5.41, 5.74) is -1.21. The van der Waals surface area contributed by atoms with Crippen LogP contribution in [0.15, 0.2) is 36.4 Å². The van der Waals surface area contributed by atoms with Crippen molar-refractivity contribution in [2.24, 2.45) is 5.92 Å². The number of nitrogens with one attached hydrogen (secondary N) is 1. The van der Waals surface area contributed by atoms with E-state index in [4.69, 9.17) is 0 Å². The first-order chi connectivity index (χ1) is 16.0. The number of carbonyl (C=O) groups is 1. The molecule has 0 aromatic heterocycles. The van der Waals surface area contributed by atoms with Crippen molar-refractivity contribution in [1.29, 1.82) is 0 Å². The standard InChI is InChI=1S/C25H29F3N2O3S/c1-4-34(33)29-23-16-10-19(11-16)30(24(31)25(2,3)32)21(23)12-14-6-5-7-20(22(14)28)15-8-17(26)13-18(27)9-15/h5-9,13,16,19,21,23,29,32H,4,10-12H2,1-3H3/t16?,19?,21-,23-,34?/m0/s1. The molecule has 3 fully saturated rings. The van der Waals surface area contributed by atoms with E-state index in [1.807, 2.05) is 0 Å². The van der Waals surface area contributed by atoms with E-state index in [2.05, 4.69) is 4.72 Å². The van der Waals surface area contributed by atoms with Crippen molar-refractivity contribution >= 4 is 17.3 Å². The van der Waals surface area contributed by atoms with E-state index in [0.29, 0.717) is 5.75 Å². The van der Waals surface area contributed by atoms with Crippen LogP contribution in [0, 0.1) is 23.4 Å². The molecule has 5 rings (SSSR count). The molecule has 9 heteroatoms. The Labute approximate surface area is 200 Å². The number of rotatable bonds is 7. The van der Waals surface area contributed by atoms with Crippen LogP contribution in [-0.4, -0.2) is 49.9 Å². The van der Waals surface area contributed by atoms with Crippen LogP contribution >= 0.6 is 0 Å². The van der Waals surface area contributed by atoms with Gasteiger partial charge in [-0.15, -0.1) is 4.72 Å². The summed E-state index contributed by atoms with van der Waals surface area (Å²) in [7, 11) is 0. The molecule has 1 unspecified atom stereocenters. The molecule has 2 N–H and O–H groups in total. The zero-order valence-electron chi connectivity index (χ0n) is 19.4. The van der Waals surface area contributed by atoms with E-state index in [0.717, 1.165) is 31.0 Å². The van der Waals surface area contributed by atoms with Gasteiger partial charge in [0.25, 0.3) is 5.91 Å². The van der Waals surface area contributed by atoms with Crippen molar-refractivity contribution < 1.29 is 27.6 Å². The highest BCUT2D eigenvalue weighted by molar-refractivity contribution is 7.89. The van der Waals surface area contributed by atoms with Gasteiger partial charge in [-0.2, -0.15) is 0 Å². The largest absolute Gasteiger partial charge is 0.598 e. The van der Waals surface area contributed by atoms with E-state index in [9.17, 15) is 23.2 Å². The van der Waals surface area contributed by atoms with Gasteiger partial charge >= 0.3 is 0 Å². The summed E-state index contributed by atoms with van der Waals surface area (Å²) in [5.74, 6) is -2.13. The molecule has 34 heavy (non-hydrogen) atoms. The third-order valence-corrected chi connectivity index (χ3v) is 7.85. The Morgan fingerprint density at radius 2 is 1.85 bits per heavy atom. The van der Waals surface area contributed by atoms with E-state index in [1.54, 1.807) is 24.0 Å². The number of piperidine rings is 2. The number of aliphatic hydroxyl groups is 1. The molecule has 2 heterocycles. The Morgan fingerprint density at radius 1 is 1.21 bits per heavy atom. The van der Waals surface area contributed by atoms with Crippen LogP contribution in [0.3, 0.4) is 0 Å². The van der Waals surface area contributed by atoms with Crippen LogP contribution in [0.25, 0.3) is 11.1 Å². The summed E-state index contributed by atoms with van der Waals surface area (Å²) in [5, 5.41) is 10.5. The summed E-state index contributed by atoms with van der Waals surface area (Å²) >= 11 is -1.32. The van der Waals surface area contributed by atoms with Gasteiger partial charge in [0.1, 0.15) is 28.8 Å². The molecule has 0 spiro atoms. The highest BCUT2D eigenvalue weighted by Gasteiger charge is 2.55. The first kappa shape index (κ1) is 25.0. The molecular weight excluding hydrogens is 465 g/mol. The highest BCUT2D eigenvalue weighted by Crippen LogP contribution is 2.45. The van der Waals surface area contributed by atoms with Crippen molar-refractivity contribution in [1.82, 2.24) is 9.62 Å². The fourth-order valence-corrected chi connectivity index (χ4v) is 5.89. The Morgan fingerprint density at radius 3 is 2.44 bits per heavy atom. The van der Waals surface area contributed by atoms with Gasteiger partial charge in [-0.25, -0.2) is 13.2 Å². The number of nitrogens with zero attached hydrogens (tertiary/aromatic N) is 1. The molecule has 0 radical (unpaired) electrons. The molecule has 1 saturated carbocycles. The lowest BCUT2D eigenvalue weighted by molar-refractivity contribution is -0.166. The fraction of sp³-hybridized carbons (Fsp3) is 0.480. The van der Waals surface area contributed by atoms with Gasteiger partial charge in [-0.3, -0.25) is 4.79 Å². The Balaban J connectivity index is 1.72. The second kappa shape index (κ2) is 9.53. The minimum absolute atomic E-state index is 0.0545. The molecule has 2 bridgehead atoms. The second-order valence-electron chi connectivity index (χ2n) is 9.64. The number of fused-ring (bicyclic) bond motifs is 2. The van der Waals surface area contributed by atoms with E-state index >= 15 is 4.39 Å². The van der Waals surface area contributed by atoms with Gasteiger partial charge in [-0.05, 0) is 69.2 Å². The molecule has 2 saturated heterocycles. The summed E-state index contributed by atoms with van der Waals surface area (Å²) in [6, 6.07) is 6.54. The first-order valence-corrected chi connectivity index (χ1v) is 12.7. The Kier molecular flexibility index (Phi) is 7.01. The van der Waals surface area contributed by atoms with Gasteiger partial charge in [0.15, 0.2) is 0 Å². The third kappa shape index (κ3) is 4.84. The van der Waals surface area contributed by atoms with Crippen molar-refractivity contribution in [2.45, 2.75) is 63.8 Å². The molecule has 3 atom stereocenters. The lowest BCUT2D eigenvalue weighted by Crippen LogP contribution is -2.72. The predicted molar refractivity (Wildman–Crippen MR) is 125 cm³/mol. The van der Waals surface area contributed by atoms with E-state index in [1.165, 1.54) is 19.9 Å². The molecule has 2 aliphatic heterocycles. The number of amides is 1. The normalized spacial score (nSPS) is 25.1. The summed E-state index contributed by atoms with van der Waals surface area (Å²) in [4.78, 5) is 14.8. The average Bonchev–Trinajstić information content (AvgIpc) is 2.73. The average molecular weight is 495 g/mol. The van der Waals surface area contributed by atoms with Gasteiger partial charge in [0.2, 0.25) is 0 Å². The lowest BCUT2D eigenvalue weighted by atomic mass is 9.66. The zero-order valence-corrected chi connectivity index (χ0v) is 20.2. The second-order valence-corrected chi connectivity index (χ2v) is 11.1. The number of hydrogen-bond donors (Lipinski definition) is 2. The quantitative estimate of drug-likeness (QED) is 0.576. The SMILES string of the molecule is CC[S+]([O-])N[C@H]1C2CC(C2)N(C(=O)C(C)(C)O)[C@H]1Cc1cccc(-c2cc(F)cc(F)c2)c1F. The molecule has 1 amide bonds. The summed E-state index contributed by atoms with van der Waals surface area (Å²) in [6.45, 7) is 4.62. The van der Waals surface area contributed by atoms with Crippen LogP contribution < -0.4 is 4.72 Å². The number of halogens is 3. The molecule has 2 aromatic rings. The van der Waals surface area contributed by atoms with Crippen LogP contribution in [0.2, 0.25) is 0 Å². The van der Waals surface area contributed by atoms with Crippen LogP contribution in [0.1, 0.15) is 39.2 Å². The first-order valence-electron chi connectivity index (χ1n) is 11.4. The summed E-state index contributed by atoms with van der Waals surface area (Å²) < 4.78 is 58.6. The molecule has 2 aromatic carbocycles. The number of benzene rings is 2. The topological polar surface area (TPSA) is 75.6 Å². The van der Waals surface area contributed by atoms with Crippen LogP contribution in [0.5, 0.6) is 0 Å². The van der Waals surface area contributed by atoms with Gasteiger partial charge < -0.3 is 14.6 Å². The van der Waals surface area contributed by atoms with Crippen LogP contribution in [-0.2, 0) is 22.6 Å². The highest BCUT2D eigenvalue weighted by atomic mass is 32.2. The minimum Gasteiger partial charge on any atom is -0.598 e. The fourth-order valence-electron chi connectivity index (χ4n) is 5.07. The molecule has 5 nitrogen and oxygen atoms in total. The Hall–Kier alpha value is -2.07. The van der Waals surface area contributed by atoms with Gasteiger partial charge in [0.05, 0.1) is 12.1 Å². The van der Waals surface area contributed by atoms with Crippen molar-refractivity contribution in [3.8, 4) is 11.1 Å². The molecule has 184 valence electrons. The maximum atomic E-state index is 15.6. The van der Waals surface area contributed by atoms with Crippen molar-refractivity contribution in [2.75, 3.05) is 5.75 Å². The molecule has 3 aliphatic rings. The zero-order chi connectivity index (χ0) is 24.8. The maximum absolute atomic E-state index is 15.6. The lowest BCUT2D eigenvalue weighted by Gasteiger charge is -2.58. The molecular formula is C25H29F3N2O3S. The van der Waals surface area contributed by atoms with Gasteiger partial charge in [-0.1, -0.05) is 18.2 Å². The minimum atomic E-state index is -1.62. The molecule has 1 aliphatic carbocycles. The smallest absolute Gasteiger partial charge is 0.254 e. The Bertz CT molecular complexity index is 1050. The number of hydrogen-bond acceptors (Lipinski definition) is 4. The van der Waals surface area contributed by atoms with E-state index in [-0.39, 0.29) is 41.1 Å². The number of carbonyl (C=O) groups excluding carboxylic acids is 1. The maximum Gasteiger partial charge on any atom is 0.254 e.